The van der Waals surface area contributed by atoms with Gasteiger partial charge < -0.3 is 0 Å². The first-order valence-corrected chi connectivity index (χ1v) is 9.19. The van der Waals surface area contributed by atoms with Crippen molar-refractivity contribution in [3.05, 3.63) is 57.9 Å². The van der Waals surface area contributed by atoms with Crippen molar-refractivity contribution in [3.8, 4) is 0 Å². The molecule has 0 bridgehead atoms. The summed E-state index contributed by atoms with van der Waals surface area (Å²) in [6.07, 6.45) is 4.08. The van der Waals surface area contributed by atoms with Crippen molar-refractivity contribution in [2.75, 3.05) is 6.54 Å². The zero-order chi connectivity index (χ0) is 17.2. The van der Waals surface area contributed by atoms with Crippen LogP contribution in [0.4, 0.5) is 0 Å². The lowest BCUT2D eigenvalue weighted by atomic mass is 9.95. The van der Waals surface area contributed by atoms with Crippen molar-refractivity contribution in [2.45, 2.75) is 45.9 Å². The average molecular weight is 332 g/mol. The van der Waals surface area contributed by atoms with Gasteiger partial charge in [0.1, 0.15) is 0 Å². The molecular weight excluding hydrogens is 308 g/mol. The molecule has 23 heavy (non-hydrogen) atoms. The molecule has 1 aromatic carbocycles. The Morgan fingerprint density at radius 2 is 1.52 bits per heavy atom. The molecule has 4 nitrogen and oxygen atoms in total. The summed E-state index contributed by atoms with van der Waals surface area (Å²) in [5.41, 5.74) is 5.93. The number of pyridine rings is 1. The maximum absolute atomic E-state index is 12.8. The second-order valence-corrected chi connectivity index (χ2v) is 7.67. The van der Waals surface area contributed by atoms with Crippen molar-refractivity contribution in [1.82, 2.24) is 9.71 Å². The van der Waals surface area contributed by atoms with Gasteiger partial charge in [0, 0.05) is 18.9 Å². The van der Waals surface area contributed by atoms with Crippen LogP contribution in [0.2, 0.25) is 0 Å². The highest BCUT2D eigenvalue weighted by molar-refractivity contribution is 7.89. The van der Waals surface area contributed by atoms with Crippen molar-refractivity contribution < 1.29 is 8.42 Å². The van der Waals surface area contributed by atoms with Crippen LogP contribution in [0.5, 0.6) is 0 Å². The van der Waals surface area contributed by atoms with E-state index in [0.29, 0.717) is 17.9 Å². The van der Waals surface area contributed by atoms with Gasteiger partial charge in [-0.15, -0.1) is 0 Å². The third-order valence-corrected chi connectivity index (χ3v) is 6.36. The number of nitrogens with zero attached hydrogens (tertiary/aromatic N) is 1. The van der Waals surface area contributed by atoms with Gasteiger partial charge in [-0.25, -0.2) is 13.1 Å². The molecule has 0 aliphatic rings. The van der Waals surface area contributed by atoms with E-state index in [4.69, 9.17) is 0 Å². The molecule has 0 aliphatic carbocycles. The van der Waals surface area contributed by atoms with Gasteiger partial charge in [0.25, 0.3) is 0 Å². The highest BCUT2D eigenvalue weighted by Crippen LogP contribution is 2.29. The molecule has 0 spiro atoms. The minimum absolute atomic E-state index is 0.360. The normalized spacial score (nSPS) is 11.7. The summed E-state index contributed by atoms with van der Waals surface area (Å²) in [6, 6.07) is 3.79. The van der Waals surface area contributed by atoms with Gasteiger partial charge in [-0.2, -0.15) is 0 Å². The molecule has 1 heterocycles. The summed E-state index contributed by atoms with van der Waals surface area (Å²) in [5.74, 6) is 0. The Kier molecular flexibility index (Phi) is 5.22. The molecule has 2 rings (SSSR count). The number of hydrogen-bond donors (Lipinski definition) is 1. The van der Waals surface area contributed by atoms with E-state index < -0.39 is 10.0 Å². The van der Waals surface area contributed by atoms with Crippen LogP contribution in [0.1, 0.15) is 33.4 Å². The van der Waals surface area contributed by atoms with Gasteiger partial charge in [0.15, 0.2) is 0 Å². The summed E-state index contributed by atoms with van der Waals surface area (Å²) in [5, 5.41) is 0. The first-order chi connectivity index (χ1) is 10.8. The van der Waals surface area contributed by atoms with Crippen LogP contribution in [-0.4, -0.2) is 19.9 Å². The van der Waals surface area contributed by atoms with Gasteiger partial charge >= 0.3 is 0 Å². The summed E-state index contributed by atoms with van der Waals surface area (Å²) in [7, 11) is -3.52. The molecule has 5 heteroatoms. The Morgan fingerprint density at radius 1 is 0.957 bits per heavy atom. The van der Waals surface area contributed by atoms with Gasteiger partial charge in [-0.3, -0.25) is 4.98 Å². The number of sulfonamides is 1. The maximum atomic E-state index is 12.8. The van der Waals surface area contributed by atoms with Crippen LogP contribution >= 0.6 is 0 Å². The minimum atomic E-state index is -3.52. The molecule has 0 fully saturated rings. The molecule has 0 unspecified atom stereocenters. The third-order valence-electron chi connectivity index (χ3n) is 4.63. The highest BCUT2D eigenvalue weighted by Gasteiger charge is 2.23. The maximum Gasteiger partial charge on any atom is 0.241 e. The topological polar surface area (TPSA) is 59.1 Å². The summed E-state index contributed by atoms with van der Waals surface area (Å²) < 4.78 is 28.2. The molecule has 0 saturated carbocycles. The summed E-state index contributed by atoms with van der Waals surface area (Å²) in [4.78, 5) is 4.46. The molecule has 0 atom stereocenters. The van der Waals surface area contributed by atoms with Crippen LogP contribution < -0.4 is 4.72 Å². The Balaban J connectivity index is 2.27. The molecule has 0 saturated heterocycles. The van der Waals surface area contributed by atoms with E-state index in [-0.39, 0.29) is 0 Å². The molecule has 1 N–H and O–H groups in total. The van der Waals surface area contributed by atoms with Gasteiger partial charge in [-0.1, -0.05) is 6.07 Å². The van der Waals surface area contributed by atoms with Crippen LogP contribution in [0.3, 0.4) is 0 Å². The van der Waals surface area contributed by atoms with Gasteiger partial charge in [0.05, 0.1) is 4.90 Å². The smallest absolute Gasteiger partial charge is 0.241 e. The lowest BCUT2D eigenvalue weighted by molar-refractivity contribution is 0.580. The predicted octanol–water partition coefficient (Wildman–Crippen LogP) is 3.14. The average Bonchev–Trinajstić information content (AvgIpc) is 2.52. The Bertz CT molecular complexity index is 784. The van der Waals surface area contributed by atoms with Crippen LogP contribution in [0, 0.1) is 34.6 Å². The first kappa shape index (κ1) is 17.6. The lowest BCUT2D eigenvalue weighted by Gasteiger charge is -2.19. The number of hydrogen-bond acceptors (Lipinski definition) is 3. The van der Waals surface area contributed by atoms with Gasteiger partial charge in [-0.05, 0) is 80.5 Å². The standard InChI is InChI=1S/C18H24N2O2S/c1-12-13(2)15(4)18(16(5)14(12)3)23(21,22)20-10-8-17-7-6-9-19-11-17/h6-7,9,11,20H,8,10H2,1-5H3. The Morgan fingerprint density at radius 3 is 2.04 bits per heavy atom. The lowest BCUT2D eigenvalue weighted by Crippen LogP contribution is -2.28. The Labute approximate surface area is 139 Å². The third kappa shape index (κ3) is 3.62. The summed E-state index contributed by atoms with van der Waals surface area (Å²) in [6.45, 7) is 10.1. The van der Waals surface area contributed by atoms with Crippen molar-refractivity contribution in [3.63, 3.8) is 0 Å². The molecule has 0 aliphatic heterocycles. The highest BCUT2D eigenvalue weighted by atomic mass is 32.2. The fourth-order valence-electron chi connectivity index (χ4n) is 2.82. The zero-order valence-electron chi connectivity index (χ0n) is 14.4. The van der Waals surface area contributed by atoms with Crippen molar-refractivity contribution in [2.24, 2.45) is 0 Å². The monoisotopic (exact) mass is 332 g/mol. The van der Waals surface area contributed by atoms with Crippen LogP contribution in [0.25, 0.3) is 0 Å². The van der Waals surface area contributed by atoms with Crippen molar-refractivity contribution >= 4 is 10.0 Å². The molecule has 124 valence electrons. The van der Waals surface area contributed by atoms with E-state index in [9.17, 15) is 8.42 Å². The number of benzene rings is 1. The largest absolute Gasteiger partial charge is 0.264 e. The molecule has 1 aromatic heterocycles. The number of rotatable bonds is 5. The molecule has 0 amide bonds. The SMILES string of the molecule is Cc1c(C)c(C)c(S(=O)(=O)NCCc2cccnc2)c(C)c1C. The van der Waals surface area contributed by atoms with Crippen LogP contribution in [-0.2, 0) is 16.4 Å². The zero-order valence-corrected chi connectivity index (χ0v) is 15.2. The van der Waals surface area contributed by atoms with Crippen molar-refractivity contribution in [1.29, 1.82) is 0 Å². The summed E-state index contributed by atoms with van der Waals surface area (Å²) >= 11 is 0. The molecule has 2 aromatic rings. The van der Waals surface area contributed by atoms with E-state index in [1.807, 2.05) is 46.8 Å². The second-order valence-electron chi connectivity index (χ2n) is 5.96. The number of aromatic nitrogens is 1. The van der Waals surface area contributed by atoms with E-state index in [2.05, 4.69) is 9.71 Å². The Hall–Kier alpha value is -1.72. The van der Waals surface area contributed by atoms with E-state index in [0.717, 1.165) is 33.4 Å². The number of nitrogens with one attached hydrogen (secondary N) is 1. The molecule has 0 radical (unpaired) electrons. The quantitative estimate of drug-likeness (QED) is 0.915. The minimum Gasteiger partial charge on any atom is -0.264 e. The fraction of sp³-hybridized carbons (Fsp3) is 0.389. The van der Waals surface area contributed by atoms with E-state index in [1.165, 1.54) is 0 Å². The van der Waals surface area contributed by atoms with E-state index in [1.54, 1.807) is 12.4 Å². The first-order valence-electron chi connectivity index (χ1n) is 7.71. The predicted molar refractivity (Wildman–Crippen MR) is 93.3 cm³/mol. The van der Waals surface area contributed by atoms with E-state index >= 15 is 0 Å². The van der Waals surface area contributed by atoms with Gasteiger partial charge in [0.2, 0.25) is 10.0 Å². The fourth-order valence-corrected chi connectivity index (χ4v) is 4.44. The van der Waals surface area contributed by atoms with Crippen LogP contribution in [0.15, 0.2) is 29.4 Å². The second kappa shape index (κ2) is 6.81. The molecular formula is C18H24N2O2S.